The number of rotatable bonds is 3. The second kappa shape index (κ2) is 5.74. The minimum Gasteiger partial charge on any atom is -0.459 e. The van der Waals surface area contributed by atoms with Gasteiger partial charge in [-0.15, -0.1) is 11.8 Å². The number of aryl methyl sites for hydroxylation is 1. The molecular weight excluding hydrogens is 258 g/mol. The summed E-state index contributed by atoms with van der Waals surface area (Å²) in [5, 5.41) is 0.433. The topological polar surface area (TPSA) is 39.2 Å². The molecule has 1 aromatic heterocycles. The molecule has 3 nitrogen and oxygen atoms in total. The molecule has 0 saturated carbocycles. The fraction of sp³-hybridized carbons (Fsp3) is 0.500. The van der Waals surface area contributed by atoms with E-state index in [-0.39, 0.29) is 11.7 Å². The van der Waals surface area contributed by atoms with Gasteiger partial charge in [-0.25, -0.2) is 4.98 Å². The fourth-order valence-electron chi connectivity index (χ4n) is 1.14. The Balaban J connectivity index is 2.56. The van der Waals surface area contributed by atoms with E-state index < -0.39 is 5.60 Å². The van der Waals surface area contributed by atoms with Crippen molar-refractivity contribution >= 4 is 29.3 Å². The van der Waals surface area contributed by atoms with Crippen LogP contribution in [0.4, 0.5) is 0 Å². The van der Waals surface area contributed by atoms with Crippen LogP contribution in [0.3, 0.4) is 0 Å². The molecule has 0 aromatic carbocycles. The van der Waals surface area contributed by atoms with Crippen LogP contribution in [-0.4, -0.2) is 22.3 Å². The highest BCUT2D eigenvalue weighted by Gasteiger charge is 2.16. The molecule has 0 bridgehead atoms. The van der Waals surface area contributed by atoms with Crippen molar-refractivity contribution in [1.82, 2.24) is 4.98 Å². The van der Waals surface area contributed by atoms with Crippen molar-refractivity contribution in [2.75, 3.05) is 5.75 Å². The van der Waals surface area contributed by atoms with E-state index in [2.05, 4.69) is 4.98 Å². The average Bonchev–Trinajstić information content (AvgIpc) is 2.17. The summed E-state index contributed by atoms with van der Waals surface area (Å²) in [6.07, 6.45) is 1.69. The first kappa shape index (κ1) is 14.3. The minimum absolute atomic E-state index is 0.227. The van der Waals surface area contributed by atoms with Crippen LogP contribution in [-0.2, 0) is 9.53 Å². The molecule has 1 aromatic rings. The second-order valence-electron chi connectivity index (χ2n) is 4.65. The summed E-state index contributed by atoms with van der Waals surface area (Å²) in [6, 6.07) is 1.76. The number of pyridine rings is 1. The van der Waals surface area contributed by atoms with Gasteiger partial charge in [-0.2, -0.15) is 0 Å². The monoisotopic (exact) mass is 273 g/mol. The van der Waals surface area contributed by atoms with Crippen LogP contribution in [0.15, 0.2) is 17.2 Å². The number of hydrogen-bond acceptors (Lipinski definition) is 4. The number of ether oxygens (including phenoxy) is 1. The molecule has 0 fully saturated rings. The minimum atomic E-state index is -0.442. The van der Waals surface area contributed by atoms with E-state index in [4.69, 9.17) is 16.3 Å². The molecule has 0 N–H and O–H groups in total. The number of nitrogens with zero attached hydrogens (tertiary/aromatic N) is 1. The van der Waals surface area contributed by atoms with E-state index in [1.807, 2.05) is 27.7 Å². The van der Waals surface area contributed by atoms with Gasteiger partial charge in [0.25, 0.3) is 0 Å². The molecule has 0 atom stereocenters. The lowest BCUT2D eigenvalue weighted by Crippen LogP contribution is -2.24. The number of thioether (sulfide) groups is 1. The Kier molecular flexibility index (Phi) is 4.83. The van der Waals surface area contributed by atoms with E-state index in [0.29, 0.717) is 5.15 Å². The Morgan fingerprint density at radius 3 is 2.76 bits per heavy atom. The Morgan fingerprint density at radius 1 is 1.53 bits per heavy atom. The van der Waals surface area contributed by atoms with Crippen LogP contribution in [0.1, 0.15) is 26.3 Å². The maximum atomic E-state index is 11.5. The molecule has 0 amide bonds. The van der Waals surface area contributed by atoms with E-state index in [0.717, 1.165) is 10.5 Å². The molecule has 0 spiro atoms. The van der Waals surface area contributed by atoms with Gasteiger partial charge in [-0.3, -0.25) is 4.79 Å². The molecule has 0 aliphatic carbocycles. The van der Waals surface area contributed by atoms with Crippen molar-refractivity contribution in [3.05, 3.63) is 23.0 Å². The quantitative estimate of drug-likeness (QED) is 0.480. The number of carbonyl (C=O) groups excluding carboxylic acids is 1. The highest BCUT2D eigenvalue weighted by atomic mass is 35.5. The first-order valence-electron chi connectivity index (χ1n) is 5.25. The van der Waals surface area contributed by atoms with Crippen LogP contribution >= 0.6 is 23.4 Å². The van der Waals surface area contributed by atoms with Gasteiger partial charge in [0.05, 0.1) is 5.75 Å². The summed E-state index contributed by atoms with van der Waals surface area (Å²) in [7, 11) is 0. The Labute approximate surface area is 111 Å². The normalized spacial score (nSPS) is 11.4. The molecule has 5 heteroatoms. The first-order chi connectivity index (χ1) is 7.78. The SMILES string of the molecule is Cc1cnc(Cl)cc1SCC(=O)OC(C)(C)C. The number of aromatic nitrogens is 1. The molecule has 0 saturated heterocycles. The van der Waals surface area contributed by atoms with Gasteiger partial charge in [0.15, 0.2) is 0 Å². The van der Waals surface area contributed by atoms with Gasteiger partial charge in [0, 0.05) is 11.1 Å². The lowest BCUT2D eigenvalue weighted by Gasteiger charge is -2.19. The molecule has 1 rings (SSSR count). The molecule has 0 radical (unpaired) electrons. The zero-order valence-corrected chi connectivity index (χ0v) is 12.0. The van der Waals surface area contributed by atoms with Crippen molar-refractivity contribution in [2.45, 2.75) is 38.2 Å². The van der Waals surface area contributed by atoms with Crippen LogP contribution in [0.25, 0.3) is 0 Å². The van der Waals surface area contributed by atoms with Crippen LogP contribution in [0, 0.1) is 6.92 Å². The van der Waals surface area contributed by atoms with Gasteiger partial charge < -0.3 is 4.74 Å². The predicted molar refractivity (Wildman–Crippen MR) is 70.6 cm³/mol. The van der Waals surface area contributed by atoms with Crippen molar-refractivity contribution in [1.29, 1.82) is 0 Å². The summed E-state index contributed by atoms with van der Waals surface area (Å²) < 4.78 is 5.22. The standard InChI is InChI=1S/C12H16ClNO2S/c1-8-6-14-10(13)5-9(8)17-7-11(15)16-12(2,3)4/h5-6H,7H2,1-4H3. The van der Waals surface area contributed by atoms with E-state index >= 15 is 0 Å². The third-order valence-electron chi connectivity index (χ3n) is 1.79. The highest BCUT2D eigenvalue weighted by molar-refractivity contribution is 8.00. The highest BCUT2D eigenvalue weighted by Crippen LogP contribution is 2.24. The van der Waals surface area contributed by atoms with Crippen molar-refractivity contribution in [3.8, 4) is 0 Å². The smallest absolute Gasteiger partial charge is 0.316 e. The van der Waals surface area contributed by atoms with Gasteiger partial charge in [0.2, 0.25) is 0 Å². The average molecular weight is 274 g/mol. The fourth-order valence-corrected chi connectivity index (χ4v) is 2.17. The van der Waals surface area contributed by atoms with Gasteiger partial charge in [-0.1, -0.05) is 11.6 Å². The lowest BCUT2D eigenvalue weighted by atomic mass is 10.2. The van der Waals surface area contributed by atoms with Gasteiger partial charge >= 0.3 is 5.97 Å². The van der Waals surface area contributed by atoms with Gasteiger partial charge in [0.1, 0.15) is 10.8 Å². The third kappa shape index (κ3) is 5.41. The zero-order chi connectivity index (χ0) is 13.1. The molecule has 0 unspecified atom stereocenters. The first-order valence-corrected chi connectivity index (χ1v) is 6.61. The molecule has 94 valence electrons. The maximum Gasteiger partial charge on any atom is 0.316 e. The molecule has 1 heterocycles. The molecule has 17 heavy (non-hydrogen) atoms. The van der Waals surface area contributed by atoms with E-state index in [1.54, 1.807) is 12.3 Å². The number of halogens is 1. The van der Waals surface area contributed by atoms with E-state index in [1.165, 1.54) is 11.8 Å². The predicted octanol–water partition coefficient (Wildman–Crippen LogP) is 3.48. The van der Waals surface area contributed by atoms with Crippen molar-refractivity contribution < 1.29 is 9.53 Å². The Bertz CT molecular complexity index is 415. The van der Waals surface area contributed by atoms with Crippen LogP contribution in [0.2, 0.25) is 5.15 Å². The second-order valence-corrected chi connectivity index (χ2v) is 6.05. The lowest BCUT2D eigenvalue weighted by molar-refractivity contribution is -0.151. The van der Waals surface area contributed by atoms with Crippen molar-refractivity contribution in [3.63, 3.8) is 0 Å². The Morgan fingerprint density at radius 2 is 2.18 bits per heavy atom. The van der Waals surface area contributed by atoms with Crippen LogP contribution in [0.5, 0.6) is 0 Å². The molecular formula is C12H16ClNO2S. The summed E-state index contributed by atoms with van der Waals surface area (Å²) in [4.78, 5) is 16.5. The zero-order valence-electron chi connectivity index (χ0n) is 10.4. The van der Waals surface area contributed by atoms with Crippen molar-refractivity contribution in [2.24, 2.45) is 0 Å². The summed E-state index contributed by atoms with van der Waals surface area (Å²) in [6.45, 7) is 7.49. The maximum absolute atomic E-state index is 11.5. The number of esters is 1. The van der Waals surface area contributed by atoms with Crippen LogP contribution < -0.4 is 0 Å². The third-order valence-corrected chi connectivity index (χ3v) is 3.12. The van der Waals surface area contributed by atoms with E-state index in [9.17, 15) is 4.79 Å². The summed E-state index contributed by atoms with van der Waals surface area (Å²) in [5.41, 5.74) is 0.561. The molecule has 0 aliphatic heterocycles. The largest absolute Gasteiger partial charge is 0.459 e. The number of carbonyl (C=O) groups is 1. The van der Waals surface area contributed by atoms with Gasteiger partial charge in [-0.05, 0) is 39.3 Å². The summed E-state index contributed by atoms with van der Waals surface area (Å²) in [5.74, 6) is 0.0492. The molecule has 0 aliphatic rings. The summed E-state index contributed by atoms with van der Waals surface area (Å²) >= 11 is 7.21. The number of hydrogen-bond donors (Lipinski definition) is 0. The Hall–Kier alpha value is -0.740.